The number of sulfonamides is 1. The molecular weight excluding hydrogens is 560 g/mol. The maximum atomic E-state index is 13.4. The predicted octanol–water partition coefficient (Wildman–Crippen LogP) is 5.53. The summed E-state index contributed by atoms with van der Waals surface area (Å²) in [6.45, 7) is 2.33. The number of rotatable bonds is 9. The zero-order valence-corrected chi connectivity index (χ0v) is 23.1. The number of aromatic nitrogens is 1. The Morgan fingerprint density at radius 1 is 1.05 bits per heavy atom. The summed E-state index contributed by atoms with van der Waals surface area (Å²) in [4.78, 5) is 19.0. The van der Waals surface area contributed by atoms with Crippen LogP contribution in [0.15, 0.2) is 83.1 Å². The van der Waals surface area contributed by atoms with Gasteiger partial charge in [-0.25, -0.2) is 18.2 Å². The highest BCUT2D eigenvalue weighted by Gasteiger charge is 2.24. The highest BCUT2D eigenvalue weighted by Crippen LogP contribution is 2.31. The third-order valence-corrected chi connectivity index (χ3v) is 8.54. The number of anilines is 4. The van der Waals surface area contributed by atoms with Crippen molar-refractivity contribution < 1.29 is 22.7 Å². The Morgan fingerprint density at radius 2 is 1.79 bits per heavy atom. The van der Waals surface area contributed by atoms with E-state index < -0.39 is 16.0 Å². The van der Waals surface area contributed by atoms with Crippen LogP contribution in [0.25, 0.3) is 0 Å². The van der Waals surface area contributed by atoms with Crippen molar-refractivity contribution >= 4 is 61.1 Å². The van der Waals surface area contributed by atoms with Crippen LogP contribution in [-0.4, -0.2) is 45.7 Å². The maximum Gasteiger partial charge on any atom is 0.338 e. The summed E-state index contributed by atoms with van der Waals surface area (Å²) in [5.41, 5.74) is 2.66. The first-order valence-corrected chi connectivity index (χ1v) is 14.8. The molecule has 5 rings (SSSR count). The van der Waals surface area contributed by atoms with Crippen LogP contribution in [0, 0.1) is 0 Å². The molecule has 12 heteroatoms. The Kier molecular flexibility index (Phi) is 8.32. The summed E-state index contributed by atoms with van der Waals surface area (Å²) >= 11 is 7.65. The van der Waals surface area contributed by atoms with E-state index in [4.69, 9.17) is 21.1 Å². The van der Waals surface area contributed by atoms with Crippen LogP contribution in [0.5, 0.6) is 0 Å². The van der Waals surface area contributed by atoms with Crippen molar-refractivity contribution in [1.82, 2.24) is 4.98 Å². The largest absolute Gasteiger partial charge is 0.456 e. The molecule has 2 N–H and O–H groups in total. The average molecular weight is 585 g/mol. The number of hydrogen-bond acceptors (Lipinski definition) is 9. The number of esters is 1. The molecule has 0 radical (unpaired) electrons. The quantitative estimate of drug-likeness (QED) is 0.247. The van der Waals surface area contributed by atoms with Crippen molar-refractivity contribution in [2.24, 2.45) is 0 Å². The zero-order valence-electron chi connectivity index (χ0n) is 20.7. The minimum Gasteiger partial charge on any atom is -0.456 e. The van der Waals surface area contributed by atoms with E-state index in [0.29, 0.717) is 42.8 Å². The second-order valence-corrected chi connectivity index (χ2v) is 11.5. The van der Waals surface area contributed by atoms with E-state index in [-0.39, 0.29) is 22.1 Å². The van der Waals surface area contributed by atoms with Gasteiger partial charge in [0.1, 0.15) is 11.5 Å². The molecule has 0 atom stereocenters. The van der Waals surface area contributed by atoms with Gasteiger partial charge in [-0.05, 0) is 42.5 Å². The number of carbonyl (C=O) groups excluding carboxylic acids is 1. The average Bonchev–Trinajstić information content (AvgIpc) is 3.40. The molecule has 9 nitrogen and oxygen atoms in total. The number of ether oxygens (including phenoxy) is 2. The zero-order chi connectivity index (χ0) is 27.2. The molecule has 0 bridgehead atoms. The Labute approximate surface area is 235 Å². The minimum absolute atomic E-state index is 0.0148. The number of morpholine rings is 1. The second kappa shape index (κ2) is 12.0. The number of nitrogens with one attached hydrogen (secondary N) is 2. The van der Waals surface area contributed by atoms with Gasteiger partial charge < -0.3 is 19.7 Å². The van der Waals surface area contributed by atoms with Crippen LogP contribution in [0.2, 0.25) is 5.02 Å². The normalized spacial score (nSPS) is 13.6. The van der Waals surface area contributed by atoms with Crippen molar-refractivity contribution in [2.75, 3.05) is 41.2 Å². The van der Waals surface area contributed by atoms with E-state index in [1.165, 1.54) is 29.5 Å². The molecule has 1 aliphatic heterocycles. The van der Waals surface area contributed by atoms with Crippen molar-refractivity contribution in [3.63, 3.8) is 0 Å². The monoisotopic (exact) mass is 584 g/mol. The summed E-state index contributed by atoms with van der Waals surface area (Å²) in [5.74, 6) is -0.692. The molecule has 1 aliphatic rings. The summed E-state index contributed by atoms with van der Waals surface area (Å²) < 4.78 is 40.2. The lowest BCUT2D eigenvalue weighted by molar-refractivity contribution is 0.0468. The van der Waals surface area contributed by atoms with E-state index >= 15 is 0 Å². The van der Waals surface area contributed by atoms with Gasteiger partial charge in [0.25, 0.3) is 10.0 Å². The summed E-state index contributed by atoms with van der Waals surface area (Å²) in [6, 6.07) is 20.7. The molecule has 2 heterocycles. The number of para-hydroxylation sites is 3. The maximum absolute atomic E-state index is 13.4. The standard InChI is InChI=1S/C27H25ClN4O5S2/c28-22-11-10-19(26(33)37-17-21-18-38-27(30-21)29-20-6-2-1-3-7-20)16-25(22)39(34,35)31-23-8-4-5-9-24(23)32-12-14-36-15-13-32/h1-11,16,18,31H,12-15,17H2,(H,29,30). The van der Waals surface area contributed by atoms with Crippen molar-refractivity contribution in [2.45, 2.75) is 11.5 Å². The number of nitrogens with zero attached hydrogens (tertiary/aromatic N) is 2. The molecule has 1 saturated heterocycles. The van der Waals surface area contributed by atoms with Crippen LogP contribution >= 0.6 is 22.9 Å². The molecule has 1 fully saturated rings. The first kappa shape index (κ1) is 26.9. The third kappa shape index (κ3) is 6.69. The van der Waals surface area contributed by atoms with Crippen molar-refractivity contribution in [1.29, 1.82) is 0 Å². The Morgan fingerprint density at radius 3 is 2.59 bits per heavy atom. The van der Waals surface area contributed by atoms with Crippen LogP contribution in [0.1, 0.15) is 16.1 Å². The van der Waals surface area contributed by atoms with Gasteiger partial charge in [0.05, 0.1) is 40.9 Å². The van der Waals surface area contributed by atoms with Crippen molar-refractivity contribution in [3.05, 3.63) is 94.5 Å². The SMILES string of the molecule is O=C(OCc1csc(Nc2ccccc2)n1)c1ccc(Cl)c(S(=O)(=O)Nc2ccccc2N2CCOCC2)c1. The summed E-state index contributed by atoms with van der Waals surface area (Å²) in [6.07, 6.45) is 0. The van der Waals surface area contributed by atoms with Crippen LogP contribution in [-0.2, 0) is 26.1 Å². The van der Waals surface area contributed by atoms with Crippen molar-refractivity contribution in [3.8, 4) is 0 Å². The van der Waals surface area contributed by atoms with E-state index in [1.54, 1.807) is 17.5 Å². The minimum atomic E-state index is -4.12. The third-order valence-electron chi connectivity index (χ3n) is 5.88. The molecule has 3 aromatic carbocycles. The Balaban J connectivity index is 1.27. The first-order chi connectivity index (χ1) is 18.9. The van der Waals surface area contributed by atoms with Crippen LogP contribution in [0.4, 0.5) is 22.2 Å². The molecule has 39 heavy (non-hydrogen) atoms. The molecule has 0 spiro atoms. The highest BCUT2D eigenvalue weighted by molar-refractivity contribution is 7.92. The molecule has 4 aromatic rings. The summed E-state index contributed by atoms with van der Waals surface area (Å²) in [7, 11) is -4.12. The lowest BCUT2D eigenvalue weighted by Crippen LogP contribution is -2.36. The number of thiazole rings is 1. The molecule has 0 aliphatic carbocycles. The lowest BCUT2D eigenvalue weighted by Gasteiger charge is -2.30. The molecule has 0 amide bonds. The molecule has 0 unspecified atom stereocenters. The fraction of sp³-hybridized carbons (Fsp3) is 0.185. The number of hydrogen-bond donors (Lipinski definition) is 2. The van der Waals surface area contributed by atoms with Gasteiger partial charge in [-0.1, -0.05) is 41.9 Å². The topological polar surface area (TPSA) is 110 Å². The number of halogens is 1. The molecule has 0 saturated carbocycles. The van der Waals surface area contributed by atoms with Gasteiger partial charge in [0.15, 0.2) is 5.13 Å². The number of benzene rings is 3. The summed E-state index contributed by atoms with van der Waals surface area (Å²) in [5, 5.41) is 5.62. The molecular formula is C27H25ClN4O5S2. The lowest BCUT2D eigenvalue weighted by atomic mass is 10.2. The van der Waals surface area contributed by atoms with Gasteiger partial charge in [0.2, 0.25) is 0 Å². The van der Waals surface area contributed by atoms with Gasteiger partial charge in [-0.15, -0.1) is 11.3 Å². The van der Waals surface area contributed by atoms with Gasteiger partial charge in [0, 0.05) is 24.2 Å². The van der Waals surface area contributed by atoms with Crippen LogP contribution in [0.3, 0.4) is 0 Å². The van der Waals surface area contributed by atoms with Gasteiger partial charge >= 0.3 is 5.97 Å². The van der Waals surface area contributed by atoms with Crippen LogP contribution < -0.4 is 14.9 Å². The highest BCUT2D eigenvalue weighted by atomic mass is 35.5. The second-order valence-electron chi connectivity index (χ2n) is 8.58. The predicted molar refractivity (Wildman–Crippen MR) is 153 cm³/mol. The molecule has 202 valence electrons. The first-order valence-electron chi connectivity index (χ1n) is 12.1. The van der Waals surface area contributed by atoms with E-state index in [0.717, 1.165) is 11.4 Å². The molecule has 1 aromatic heterocycles. The van der Waals surface area contributed by atoms with E-state index in [9.17, 15) is 13.2 Å². The van der Waals surface area contributed by atoms with Gasteiger partial charge in [-0.3, -0.25) is 4.72 Å². The van der Waals surface area contributed by atoms with E-state index in [2.05, 4.69) is 19.9 Å². The Bertz CT molecular complexity index is 1560. The van der Waals surface area contributed by atoms with E-state index in [1.807, 2.05) is 42.5 Å². The fourth-order valence-corrected chi connectivity index (χ4v) is 6.29. The van der Waals surface area contributed by atoms with Gasteiger partial charge in [-0.2, -0.15) is 0 Å². The number of carbonyl (C=O) groups is 1. The Hall–Kier alpha value is -3.64. The fourth-order valence-electron chi connectivity index (χ4n) is 3.97. The smallest absolute Gasteiger partial charge is 0.338 e.